The molecule has 30 heavy (non-hydrogen) atoms. The quantitative estimate of drug-likeness (QED) is 0.680. The topological polar surface area (TPSA) is 88.8 Å². The number of ether oxygens (including phenoxy) is 1. The summed E-state index contributed by atoms with van der Waals surface area (Å²) < 4.78 is 11.3. The third-order valence-corrected chi connectivity index (χ3v) is 5.34. The van der Waals surface area contributed by atoms with E-state index in [1.54, 1.807) is 0 Å². The van der Waals surface area contributed by atoms with Crippen LogP contribution in [0.4, 0.5) is 6.01 Å². The minimum absolute atomic E-state index is 0.198. The zero-order valence-electron chi connectivity index (χ0n) is 16.6. The van der Waals surface area contributed by atoms with E-state index in [1.807, 2.05) is 55.5 Å². The van der Waals surface area contributed by atoms with Crippen molar-refractivity contribution in [2.24, 2.45) is 10.9 Å². The summed E-state index contributed by atoms with van der Waals surface area (Å²) in [5, 5.41) is 6.40. The molecule has 5 rings (SSSR count). The minimum Gasteiger partial charge on any atom is -0.494 e. The average molecular weight is 402 g/mol. The van der Waals surface area contributed by atoms with Crippen LogP contribution in [0.15, 0.2) is 69.7 Å². The number of carbonyl (C=O) groups is 1. The predicted octanol–water partition coefficient (Wildman–Crippen LogP) is 4.20. The molecule has 1 aliphatic heterocycles. The molecule has 0 amide bonds. The first-order valence-electron chi connectivity index (χ1n) is 10.1. The van der Waals surface area contributed by atoms with Gasteiger partial charge in [-0.25, -0.2) is 4.99 Å². The second-order valence-electron chi connectivity index (χ2n) is 7.30. The predicted molar refractivity (Wildman–Crippen MR) is 114 cm³/mol. The van der Waals surface area contributed by atoms with Crippen molar-refractivity contribution in [1.29, 1.82) is 0 Å². The van der Waals surface area contributed by atoms with Gasteiger partial charge in [0.25, 0.3) is 0 Å². The van der Waals surface area contributed by atoms with Crippen molar-refractivity contribution >= 4 is 28.9 Å². The Balaban J connectivity index is 1.49. The van der Waals surface area contributed by atoms with Gasteiger partial charge in [-0.05, 0) is 43.2 Å². The highest BCUT2D eigenvalue weighted by Gasteiger charge is 2.38. The highest BCUT2D eigenvalue weighted by molar-refractivity contribution is 5.97. The van der Waals surface area contributed by atoms with Gasteiger partial charge in [0, 0.05) is 12.1 Å². The van der Waals surface area contributed by atoms with E-state index in [0.717, 1.165) is 28.9 Å². The Hall–Kier alpha value is -3.61. The van der Waals surface area contributed by atoms with Crippen molar-refractivity contribution in [2.75, 3.05) is 11.9 Å². The molecule has 0 saturated heterocycles. The van der Waals surface area contributed by atoms with Gasteiger partial charge in [-0.2, -0.15) is 4.98 Å². The molecule has 0 fully saturated rings. The highest BCUT2D eigenvalue weighted by Crippen LogP contribution is 2.38. The lowest BCUT2D eigenvalue weighted by atomic mass is 9.81. The lowest BCUT2D eigenvalue weighted by molar-refractivity contribution is -0.122. The molecule has 2 N–H and O–H groups in total. The number of anilines is 1. The number of ketones is 1. The fraction of sp³-hybridized carbons (Fsp3) is 0.261. The second-order valence-corrected chi connectivity index (χ2v) is 7.30. The maximum Gasteiger partial charge on any atom is 0.302 e. The minimum atomic E-state index is -0.326. The summed E-state index contributed by atoms with van der Waals surface area (Å²) in [6.07, 6.45) is 3.34. The first kappa shape index (κ1) is 18.4. The number of hydrogen-bond acceptors (Lipinski definition) is 7. The monoisotopic (exact) mass is 402 g/mol. The summed E-state index contributed by atoms with van der Waals surface area (Å²) in [5.74, 6) is 1.20. The van der Waals surface area contributed by atoms with Gasteiger partial charge in [-0.15, -0.1) is 0 Å². The molecular formula is C23H22N4O3. The number of rotatable bonds is 4. The van der Waals surface area contributed by atoms with Gasteiger partial charge in [-0.1, -0.05) is 30.3 Å². The van der Waals surface area contributed by atoms with Gasteiger partial charge >= 0.3 is 6.01 Å². The van der Waals surface area contributed by atoms with E-state index in [0.29, 0.717) is 30.6 Å². The van der Waals surface area contributed by atoms with Crippen LogP contribution in [0.2, 0.25) is 0 Å². The van der Waals surface area contributed by atoms with Crippen LogP contribution < -0.4 is 15.4 Å². The van der Waals surface area contributed by atoms with E-state index in [9.17, 15) is 4.79 Å². The lowest BCUT2D eigenvalue weighted by Gasteiger charge is -2.34. The summed E-state index contributed by atoms with van der Waals surface area (Å²) in [7, 11) is 0. The number of aliphatic imine (C=N–C) groups is 1. The Bertz CT molecular complexity index is 1110. The summed E-state index contributed by atoms with van der Waals surface area (Å²) >= 11 is 0. The number of hydrogen-bond donors (Lipinski definition) is 2. The molecule has 1 aromatic heterocycles. The van der Waals surface area contributed by atoms with Crippen molar-refractivity contribution in [3.05, 3.63) is 65.9 Å². The number of Topliss-reactive ketones (excluding diaryl/α,β-unsaturated/α-hetero) is 1. The van der Waals surface area contributed by atoms with Crippen LogP contribution in [0.3, 0.4) is 0 Å². The number of guanidine groups is 1. The number of carbonyl (C=O) groups excluding carboxylic acids is 1. The molecule has 7 nitrogen and oxygen atoms in total. The summed E-state index contributed by atoms with van der Waals surface area (Å²) in [6.45, 7) is 2.56. The van der Waals surface area contributed by atoms with Crippen LogP contribution >= 0.6 is 0 Å². The van der Waals surface area contributed by atoms with Crippen molar-refractivity contribution < 1.29 is 13.9 Å². The molecule has 3 aromatic rings. The molecule has 0 radical (unpaired) electrons. The van der Waals surface area contributed by atoms with E-state index in [1.165, 1.54) is 0 Å². The molecule has 1 aliphatic carbocycles. The zero-order chi connectivity index (χ0) is 20.5. The SMILES string of the molecule is CCOc1ccc([C@@H]2N=C(Nc3nc4ccccc4o3)NC3=CCCC(=O)[C@H]32)cc1. The van der Waals surface area contributed by atoms with Gasteiger partial charge < -0.3 is 14.5 Å². The number of aromatic nitrogens is 1. The molecule has 0 unspecified atom stereocenters. The summed E-state index contributed by atoms with van der Waals surface area (Å²) in [5.41, 5.74) is 3.30. The first-order valence-corrected chi connectivity index (χ1v) is 10.1. The molecule has 2 aliphatic rings. The van der Waals surface area contributed by atoms with E-state index in [-0.39, 0.29) is 17.7 Å². The van der Waals surface area contributed by atoms with Gasteiger partial charge in [-0.3, -0.25) is 10.1 Å². The average Bonchev–Trinajstić information content (AvgIpc) is 3.16. The van der Waals surface area contributed by atoms with Crippen molar-refractivity contribution in [2.45, 2.75) is 25.8 Å². The largest absolute Gasteiger partial charge is 0.494 e. The number of oxazole rings is 1. The van der Waals surface area contributed by atoms with Gasteiger partial charge in [0.1, 0.15) is 17.0 Å². The normalized spacial score (nSPS) is 20.8. The Kier molecular flexibility index (Phi) is 4.71. The molecule has 2 heterocycles. The van der Waals surface area contributed by atoms with Crippen molar-refractivity contribution in [1.82, 2.24) is 10.3 Å². The molecule has 7 heteroatoms. The van der Waals surface area contributed by atoms with Crippen LogP contribution in [0, 0.1) is 5.92 Å². The van der Waals surface area contributed by atoms with Crippen molar-refractivity contribution in [3.8, 4) is 5.75 Å². The van der Waals surface area contributed by atoms with Crippen molar-refractivity contribution in [3.63, 3.8) is 0 Å². The van der Waals surface area contributed by atoms with Crippen LogP contribution in [0.25, 0.3) is 11.1 Å². The van der Waals surface area contributed by atoms with Gasteiger partial charge in [0.05, 0.1) is 18.6 Å². The molecule has 0 saturated carbocycles. The number of para-hydroxylation sites is 2. The first-order chi connectivity index (χ1) is 14.7. The molecule has 152 valence electrons. The number of allylic oxidation sites excluding steroid dienone is 1. The molecule has 0 spiro atoms. The van der Waals surface area contributed by atoms with E-state index < -0.39 is 0 Å². The third-order valence-electron chi connectivity index (χ3n) is 5.34. The van der Waals surface area contributed by atoms with Crippen LogP contribution in [0.5, 0.6) is 5.75 Å². The Labute approximate surface area is 173 Å². The molecule has 2 atom stereocenters. The number of nitrogens with zero attached hydrogens (tertiary/aromatic N) is 2. The maximum absolute atomic E-state index is 12.7. The van der Waals surface area contributed by atoms with E-state index >= 15 is 0 Å². The standard InChI is InChI=1S/C23H22N4O3/c1-2-29-15-12-10-14(11-13-15)21-20-17(7-5-8-18(20)28)24-22(26-21)27-23-25-16-6-3-4-9-19(16)30-23/h3-4,6-7,9-13,20-21H,2,5,8H2,1H3,(H2,24,25,26,27)/t20-,21-/m0/s1. The number of benzene rings is 2. The smallest absolute Gasteiger partial charge is 0.302 e. The number of fused-ring (bicyclic) bond motifs is 2. The lowest BCUT2D eigenvalue weighted by Crippen LogP contribution is -2.43. The zero-order valence-corrected chi connectivity index (χ0v) is 16.6. The Morgan fingerprint density at radius 2 is 2.03 bits per heavy atom. The maximum atomic E-state index is 12.7. The Morgan fingerprint density at radius 1 is 1.20 bits per heavy atom. The van der Waals surface area contributed by atoms with Gasteiger partial charge in [0.15, 0.2) is 5.58 Å². The van der Waals surface area contributed by atoms with Crippen LogP contribution in [-0.2, 0) is 4.79 Å². The highest BCUT2D eigenvalue weighted by atomic mass is 16.5. The van der Waals surface area contributed by atoms with Gasteiger partial charge in [0.2, 0.25) is 5.96 Å². The van der Waals surface area contributed by atoms with E-state index in [4.69, 9.17) is 14.1 Å². The molecule has 0 bridgehead atoms. The van der Waals surface area contributed by atoms with Crippen LogP contribution in [0.1, 0.15) is 31.4 Å². The summed E-state index contributed by atoms with van der Waals surface area (Å²) in [6, 6.07) is 15.4. The summed E-state index contributed by atoms with van der Waals surface area (Å²) in [4.78, 5) is 22.0. The van der Waals surface area contributed by atoms with Crippen LogP contribution in [-0.4, -0.2) is 23.3 Å². The molecular weight excluding hydrogens is 380 g/mol. The Morgan fingerprint density at radius 3 is 2.83 bits per heavy atom. The fourth-order valence-corrected chi connectivity index (χ4v) is 3.97. The second kappa shape index (κ2) is 7.67. The van der Waals surface area contributed by atoms with E-state index in [2.05, 4.69) is 21.7 Å². The fourth-order valence-electron chi connectivity index (χ4n) is 3.97. The molecule has 2 aromatic carbocycles. The third kappa shape index (κ3) is 3.43. The number of nitrogens with one attached hydrogen (secondary N) is 2.